The monoisotopic (exact) mass is 403 g/mol. The van der Waals surface area contributed by atoms with E-state index in [0.29, 0.717) is 17.2 Å². The van der Waals surface area contributed by atoms with Crippen LogP contribution >= 0.6 is 0 Å². The number of para-hydroxylation sites is 1. The maximum Gasteiger partial charge on any atom is 0.345 e. The van der Waals surface area contributed by atoms with Gasteiger partial charge in [0.25, 0.3) is 0 Å². The Balaban J connectivity index is 1.71. The first-order chi connectivity index (χ1) is 14.7. The maximum absolute atomic E-state index is 12.9. The molecule has 0 saturated heterocycles. The molecule has 1 fully saturated rings. The summed E-state index contributed by atoms with van der Waals surface area (Å²) in [6.07, 6.45) is 8.45. The van der Waals surface area contributed by atoms with Crippen molar-refractivity contribution in [3.63, 3.8) is 0 Å². The minimum absolute atomic E-state index is 0.239. The average molecular weight is 404 g/mol. The molecule has 1 atom stereocenters. The average Bonchev–Trinajstić information content (AvgIpc) is 2.79. The molecule has 30 heavy (non-hydrogen) atoms. The predicted molar refractivity (Wildman–Crippen MR) is 122 cm³/mol. The molecular weight excluding hydrogens is 374 g/mol. The van der Waals surface area contributed by atoms with Gasteiger partial charge in [0, 0.05) is 17.6 Å². The van der Waals surface area contributed by atoms with Crippen LogP contribution in [0.3, 0.4) is 0 Å². The largest absolute Gasteiger partial charge is 0.497 e. The van der Waals surface area contributed by atoms with Crippen LogP contribution in [0.15, 0.2) is 62.7 Å². The van der Waals surface area contributed by atoms with Crippen molar-refractivity contribution in [2.75, 3.05) is 7.11 Å². The first-order valence-electron chi connectivity index (χ1n) is 10.9. The molecule has 0 aliphatic heterocycles. The molecule has 3 aromatic rings. The smallest absolute Gasteiger partial charge is 0.345 e. The minimum Gasteiger partial charge on any atom is -0.497 e. The van der Waals surface area contributed by atoms with Crippen LogP contribution in [0.1, 0.15) is 61.6 Å². The molecule has 0 unspecified atom stereocenters. The zero-order valence-corrected chi connectivity index (χ0v) is 17.8. The van der Waals surface area contributed by atoms with Crippen molar-refractivity contribution in [3.8, 4) is 5.75 Å². The Bertz CT molecular complexity index is 1080. The van der Waals surface area contributed by atoms with E-state index in [4.69, 9.17) is 14.1 Å². The summed E-state index contributed by atoms with van der Waals surface area (Å²) in [5.74, 6) is 1.08. The molecule has 1 heterocycles. The highest BCUT2D eigenvalue weighted by atomic mass is 16.5. The van der Waals surface area contributed by atoms with Crippen LogP contribution in [-0.2, 0) is 6.42 Å². The molecule has 156 valence electrons. The van der Waals surface area contributed by atoms with E-state index >= 15 is 0 Å². The van der Waals surface area contributed by atoms with Gasteiger partial charge in [0.1, 0.15) is 11.3 Å². The molecule has 0 bridgehead atoms. The number of aliphatic imine (C=N–C) groups is 1. The Morgan fingerprint density at radius 2 is 1.83 bits per heavy atom. The third-order valence-electron chi connectivity index (χ3n) is 6.14. The Kier molecular flexibility index (Phi) is 6.32. The molecule has 0 N–H and O–H groups in total. The number of hydrogen-bond acceptors (Lipinski definition) is 4. The first kappa shape index (κ1) is 20.4. The summed E-state index contributed by atoms with van der Waals surface area (Å²) in [6.45, 7) is 2.19. The molecule has 1 saturated carbocycles. The summed E-state index contributed by atoms with van der Waals surface area (Å²) in [6, 6.07) is 16.2. The molecule has 1 aliphatic carbocycles. The molecular formula is C26H29NO3. The first-order valence-corrected chi connectivity index (χ1v) is 10.9. The second kappa shape index (κ2) is 9.29. The van der Waals surface area contributed by atoms with E-state index in [1.54, 1.807) is 13.3 Å². The molecule has 4 nitrogen and oxygen atoms in total. The number of fused-ring (bicyclic) bond motifs is 1. The number of benzene rings is 2. The number of ether oxygens (including phenoxy) is 1. The highest BCUT2D eigenvalue weighted by Crippen LogP contribution is 2.28. The fraction of sp³-hybridized carbons (Fsp3) is 0.385. The lowest BCUT2D eigenvalue weighted by molar-refractivity contribution is 0.414. The van der Waals surface area contributed by atoms with Crippen molar-refractivity contribution in [1.82, 2.24) is 0 Å². The van der Waals surface area contributed by atoms with E-state index in [0.717, 1.165) is 36.0 Å². The molecule has 0 radical (unpaired) electrons. The van der Waals surface area contributed by atoms with Gasteiger partial charge in [0.2, 0.25) is 0 Å². The fourth-order valence-corrected chi connectivity index (χ4v) is 4.35. The van der Waals surface area contributed by atoms with E-state index in [9.17, 15) is 4.79 Å². The zero-order valence-electron chi connectivity index (χ0n) is 17.8. The standard InChI is InChI=1S/C26H29NO3/c1-18(19-12-14-21(29-2)15-13-19)16-23-22-10-6-7-11-25(22)30-26(28)24(23)17-27-20-8-4-3-5-9-20/h6-7,10-15,17-18,20H,3-5,8-9,16H2,1-2H3/t18-/m0/s1. The van der Waals surface area contributed by atoms with Crippen LogP contribution in [0, 0.1) is 0 Å². The second-order valence-electron chi connectivity index (χ2n) is 8.23. The van der Waals surface area contributed by atoms with Crippen LogP contribution in [0.2, 0.25) is 0 Å². The van der Waals surface area contributed by atoms with E-state index in [1.165, 1.54) is 24.8 Å². The van der Waals surface area contributed by atoms with Gasteiger partial charge in [0.15, 0.2) is 0 Å². The van der Waals surface area contributed by atoms with E-state index < -0.39 is 0 Å². The van der Waals surface area contributed by atoms with Crippen LogP contribution in [0.4, 0.5) is 0 Å². The predicted octanol–water partition coefficient (Wildman–Crippen LogP) is 5.90. The summed E-state index contributed by atoms with van der Waals surface area (Å²) in [7, 11) is 1.67. The number of nitrogens with zero attached hydrogens (tertiary/aromatic N) is 1. The third-order valence-corrected chi connectivity index (χ3v) is 6.14. The van der Waals surface area contributed by atoms with Crippen molar-refractivity contribution in [2.24, 2.45) is 4.99 Å². The molecule has 4 rings (SSSR count). The Morgan fingerprint density at radius 1 is 1.10 bits per heavy atom. The minimum atomic E-state index is -0.301. The fourth-order valence-electron chi connectivity index (χ4n) is 4.35. The van der Waals surface area contributed by atoms with E-state index in [2.05, 4.69) is 19.1 Å². The number of rotatable bonds is 6. The third kappa shape index (κ3) is 4.48. The van der Waals surface area contributed by atoms with Crippen molar-refractivity contribution < 1.29 is 9.15 Å². The Hall–Kier alpha value is -2.88. The van der Waals surface area contributed by atoms with Crippen LogP contribution in [-0.4, -0.2) is 19.4 Å². The van der Waals surface area contributed by atoms with Gasteiger partial charge in [-0.25, -0.2) is 4.79 Å². The zero-order chi connectivity index (χ0) is 20.9. The summed E-state index contributed by atoms with van der Waals surface area (Å²) in [5, 5.41) is 0.988. The summed E-state index contributed by atoms with van der Waals surface area (Å²) in [5.41, 5.74) is 3.16. The van der Waals surface area contributed by atoms with Gasteiger partial charge in [-0.15, -0.1) is 0 Å². The molecule has 1 aliphatic rings. The lowest BCUT2D eigenvalue weighted by Gasteiger charge is -2.18. The van der Waals surface area contributed by atoms with Crippen LogP contribution in [0.25, 0.3) is 11.0 Å². The highest BCUT2D eigenvalue weighted by molar-refractivity contribution is 5.90. The van der Waals surface area contributed by atoms with Gasteiger partial charge in [-0.2, -0.15) is 0 Å². The molecule has 4 heteroatoms. The highest BCUT2D eigenvalue weighted by Gasteiger charge is 2.18. The quantitative estimate of drug-likeness (QED) is 0.380. The van der Waals surface area contributed by atoms with Crippen LogP contribution < -0.4 is 10.4 Å². The van der Waals surface area contributed by atoms with E-state index in [-0.39, 0.29) is 11.5 Å². The van der Waals surface area contributed by atoms with Gasteiger partial charge >= 0.3 is 5.63 Å². The van der Waals surface area contributed by atoms with Gasteiger partial charge in [-0.3, -0.25) is 4.99 Å². The summed E-state index contributed by atoms with van der Waals surface area (Å²) < 4.78 is 10.9. The number of hydrogen-bond donors (Lipinski definition) is 0. The molecule has 2 aromatic carbocycles. The van der Waals surface area contributed by atoms with Crippen molar-refractivity contribution in [1.29, 1.82) is 0 Å². The van der Waals surface area contributed by atoms with Gasteiger partial charge in [-0.05, 0) is 54.5 Å². The normalized spacial score (nSPS) is 16.2. The molecule has 0 amide bonds. The van der Waals surface area contributed by atoms with E-state index in [1.807, 2.05) is 36.4 Å². The van der Waals surface area contributed by atoms with Crippen LogP contribution in [0.5, 0.6) is 5.75 Å². The number of methoxy groups -OCH3 is 1. The Morgan fingerprint density at radius 3 is 2.57 bits per heavy atom. The second-order valence-corrected chi connectivity index (χ2v) is 8.23. The Labute approximate surface area is 177 Å². The van der Waals surface area contributed by atoms with Crippen molar-refractivity contribution in [3.05, 3.63) is 75.6 Å². The summed E-state index contributed by atoms with van der Waals surface area (Å²) >= 11 is 0. The lowest BCUT2D eigenvalue weighted by Crippen LogP contribution is -2.16. The topological polar surface area (TPSA) is 51.8 Å². The van der Waals surface area contributed by atoms with Crippen molar-refractivity contribution >= 4 is 17.2 Å². The van der Waals surface area contributed by atoms with Gasteiger partial charge in [-0.1, -0.05) is 56.5 Å². The van der Waals surface area contributed by atoms with Gasteiger partial charge < -0.3 is 9.15 Å². The lowest BCUT2D eigenvalue weighted by atomic mass is 9.90. The maximum atomic E-state index is 12.9. The SMILES string of the molecule is COc1ccc([C@@H](C)Cc2c(C=NC3CCCCC3)c(=O)oc3ccccc23)cc1. The van der Waals surface area contributed by atoms with Gasteiger partial charge in [0.05, 0.1) is 12.7 Å². The molecule has 1 aromatic heterocycles. The van der Waals surface area contributed by atoms with Crippen molar-refractivity contribution in [2.45, 2.75) is 57.4 Å². The summed E-state index contributed by atoms with van der Waals surface area (Å²) in [4.78, 5) is 17.6. The molecule has 0 spiro atoms.